The minimum Gasteiger partial charge on any atom is -0.492 e. The molecule has 1 unspecified atom stereocenters. The maximum absolute atomic E-state index is 13.2. The largest absolute Gasteiger partial charge is 0.492 e. The number of nitrogens with zero attached hydrogens (tertiary/aromatic N) is 3. The van der Waals surface area contributed by atoms with Crippen molar-refractivity contribution in [3.05, 3.63) is 78.8 Å². The molecule has 0 aliphatic carbocycles. The quantitative estimate of drug-likeness (QED) is 0.565. The zero-order chi connectivity index (χ0) is 22.5. The van der Waals surface area contributed by atoms with Crippen molar-refractivity contribution < 1.29 is 19.4 Å². The average Bonchev–Trinajstić information content (AvgIpc) is 2.81. The molecule has 1 aliphatic heterocycles. The number of likely N-dealkylation sites (N-methyl/N-ethyl adjacent to an activating group) is 1. The number of carboxylic acids is 1. The van der Waals surface area contributed by atoms with Gasteiger partial charge in [0.05, 0.1) is 18.4 Å². The number of carboxylic acid groups (broad SMARTS) is 1. The number of ether oxygens (including phenoxy) is 1. The Morgan fingerprint density at radius 1 is 1.09 bits per heavy atom. The number of carbonyl (C=O) groups excluding carboxylic acids is 1. The van der Waals surface area contributed by atoms with E-state index in [4.69, 9.17) is 4.74 Å². The van der Waals surface area contributed by atoms with Gasteiger partial charge in [-0.05, 0) is 25.1 Å². The minimum atomic E-state index is -1.11. The van der Waals surface area contributed by atoms with Crippen LogP contribution in [-0.2, 0) is 9.59 Å². The Hall–Kier alpha value is -4.07. The van der Waals surface area contributed by atoms with Crippen LogP contribution in [0.5, 0.6) is 5.75 Å². The predicted octanol–water partition coefficient (Wildman–Crippen LogP) is 3.14. The molecule has 8 nitrogen and oxygen atoms in total. The van der Waals surface area contributed by atoms with Gasteiger partial charge in [-0.3, -0.25) is 19.8 Å². The second kappa shape index (κ2) is 9.38. The molecule has 1 aromatic heterocycles. The van der Waals surface area contributed by atoms with Gasteiger partial charge >= 0.3 is 5.97 Å². The van der Waals surface area contributed by atoms with Gasteiger partial charge in [0.15, 0.2) is 0 Å². The molecule has 0 spiro atoms. The first-order valence-electron chi connectivity index (χ1n) is 10.4. The normalized spacial score (nSPS) is 16.1. The van der Waals surface area contributed by atoms with E-state index in [0.717, 1.165) is 10.8 Å². The van der Waals surface area contributed by atoms with E-state index in [9.17, 15) is 14.7 Å². The highest BCUT2D eigenvalue weighted by Gasteiger charge is 2.36. The van der Waals surface area contributed by atoms with Crippen molar-refractivity contribution in [3.8, 4) is 5.75 Å². The number of anilines is 1. The number of rotatable bonds is 8. The lowest BCUT2D eigenvalue weighted by Crippen LogP contribution is -2.57. The molecule has 0 saturated carbocycles. The highest BCUT2D eigenvalue weighted by molar-refractivity contribution is 5.98. The summed E-state index contributed by atoms with van der Waals surface area (Å²) >= 11 is 0. The van der Waals surface area contributed by atoms with Crippen molar-refractivity contribution in [2.75, 3.05) is 25.0 Å². The molecule has 164 valence electrons. The first-order chi connectivity index (χ1) is 15.6. The van der Waals surface area contributed by atoms with Crippen molar-refractivity contribution in [1.82, 2.24) is 15.0 Å². The SMILES string of the molecule is CCN1C(=O)C(Nc2cncc3ccccc23)C=C(C(=O)O)N1CCOc1ccccc1. The summed E-state index contributed by atoms with van der Waals surface area (Å²) in [6.07, 6.45) is 4.83. The van der Waals surface area contributed by atoms with Gasteiger partial charge in [0, 0.05) is 23.5 Å². The monoisotopic (exact) mass is 432 g/mol. The van der Waals surface area contributed by atoms with E-state index in [2.05, 4.69) is 10.3 Å². The number of amides is 1. The summed E-state index contributed by atoms with van der Waals surface area (Å²) in [5, 5.41) is 17.8. The molecule has 1 amide bonds. The van der Waals surface area contributed by atoms with Gasteiger partial charge in [-0.25, -0.2) is 4.79 Å². The molecule has 8 heteroatoms. The van der Waals surface area contributed by atoms with Crippen molar-refractivity contribution in [3.63, 3.8) is 0 Å². The van der Waals surface area contributed by atoms with Gasteiger partial charge in [-0.2, -0.15) is 0 Å². The highest BCUT2D eigenvalue weighted by atomic mass is 16.5. The second-order valence-electron chi connectivity index (χ2n) is 7.23. The molecule has 4 rings (SSSR count). The molecule has 1 atom stereocenters. The zero-order valence-electron chi connectivity index (χ0n) is 17.6. The van der Waals surface area contributed by atoms with E-state index in [0.29, 0.717) is 18.0 Å². The Morgan fingerprint density at radius 2 is 1.84 bits per heavy atom. The first-order valence-corrected chi connectivity index (χ1v) is 10.4. The number of hydrazine groups is 1. The van der Waals surface area contributed by atoms with Crippen LogP contribution in [-0.4, -0.2) is 57.7 Å². The van der Waals surface area contributed by atoms with Crippen LogP contribution in [0.4, 0.5) is 5.69 Å². The van der Waals surface area contributed by atoms with Gasteiger partial charge in [-0.15, -0.1) is 0 Å². The van der Waals surface area contributed by atoms with Crippen LogP contribution in [0.15, 0.2) is 78.8 Å². The van der Waals surface area contributed by atoms with E-state index in [1.54, 1.807) is 12.4 Å². The Labute approximate surface area is 185 Å². The van der Waals surface area contributed by atoms with E-state index >= 15 is 0 Å². The second-order valence-corrected chi connectivity index (χ2v) is 7.23. The van der Waals surface area contributed by atoms with Gasteiger partial charge in [0.2, 0.25) is 0 Å². The van der Waals surface area contributed by atoms with Crippen LogP contribution in [0.2, 0.25) is 0 Å². The third kappa shape index (κ3) is 4.34. The van der Waals surface area contributed by atoms with Crippen LogP contribution >= 0.6 is 0 Å². The van der Waals surface area contributed by atoms with E-state index in [1.165, 1.54) is 16.1 Å². The number of hydrogen-bond acceptors (Lipinski definition) is 6. The lowest BCUT2D eigenvalue weighted by Gasteiger charge is -2.41. The lowest BCUT2D eigenvalue weighted by atomic mass is 10.1. The summed E-state index contributed by atoms with van der Waals surface area (Å²) < 4.78 is 5.71. The average molecular weight is 432 g/mol. The summed E-state index contributed by atoms with van der Waals surface area (Å²) in [4.78, 5) is 29.5. The molecule has 2 heterocycles. The summed E-state index contributed by atoms with van der Waals surface area (Å²) in [7, 11) is 0. The van der Waals surface area contributed by atoms with Crippen LogP contribution in [0.1, 0.15) is 6.92 Å². The maximum atomic E-state index is 13.2. The molecule has 0 bridgehead atoms. The van der Waals surface area contributed by atoms with Crippen molar-refractivity contribution >= 4 is 28.3 Å². The van der Waals surface area contributed by atoms with E-state index in [-0.39, 0.29) is 24.8 Å². The van der Waals surface area contributed by atoms with Gasteiger partial charge < -0.3 is 15.2 Å². The van der Waals surface area contributed by atoms with Crippen molar-refractivity contribution in [2.24, 2.45) is 0 Å². The summed E-state index contributed by atoms with van der Waals surface area (Å²) in [5.41, 5.74) is 0.688. The van der Waals surface area contributed by atoms with Crippen LogP contribution < -0.4 is 10.1 Å². The zero-order valence-corrected chi connectivity index (χ0v) is 17.6. The molecule has 1 aliphatic rings. The Kier molecular flexibility index (Phi) is 6.21. The number of aromatic nitrogens is 1. The third-order valence-electron chi connectivity index (χ3n) is 5.23. The third-order valence-corrected chi connectivity index (χ3v) is 5.23. The molecule has 0 radical (unpaired) electrons. The molecule has 32 heavy (non-hydrogen) atoms. The molecule has 2 N–H and O–H groups in total. The molecule has 3 aromatic rings. The number of carbonyl (C=O) groups is 2. The van der Waals surface area contributed by atoms with Crippen LogP contribution in [0, 0.1) is 0 Å². The Bertz CT molecular complexity index is 1140. The number of benzene rings is 2. The smallest absolute Gasteiger partial charge is 0.353 e. The first kappa shape index (κ1) is 21.2. The van der Waals surface area contributed by atoms with E-state index < -0.39 is 12.0 Å². The number of nitrogens with one attached hydrogen (secondary N) is 1. The number of fused-ring (bicyclic) bond motifs is 1. The van der Waals surface area contributed by atoms with Crippen molar-refractivity contribution in [1.29, 1.82) is 0 Å². The summed E-state index contributed by atoms with van der Waals surface area (Å²) in [6, 6.07) is 16.1. The Balaban J connectivity index is 1.58. The predicted molar refractivity (Wildman–Crippen MR) is 121 cm³/mol. The lowest BCUT2D eigenvalue weighted by molar-refractivity contribution is -0.152. The van der Waals surface area contributed by atoms with Gasteiger partial charge in [-0.1, -0.05) is 42.5 Å². The topological polar surface area (TPSA) is 95.0 Å². The fourth-order valence-corrected chi connectivity index (χ4v) is 3.74. The highest BCUT2D eigenvalue weighted by Crippen LogP contribution is 2.26. The summed E-state index contributed by atoms with van der Waals surface area (Å²) in [5.74, 6) is -0.675. The number of aliphatic carboxylic acids is 1. The molecule has 2 aromatic carbocycles. The molecular weight excluding hydrogens is 408 g/mol. The summed E-state index contributed by atoms with van der Waals surface area (Å²) in [6.45, 7) is 2.57. The van der Waals surface area contributed by atoms with Gasteiger partial charge in [0.25, 0.3) is 5.91 Å². The fraction of sp³-hybridized carbons (Fsp3) is 0.208. The van der Waals surface area contributed by atoms with Crippen LogP contribution in [0.3, 0.4) is 0 Å². The van der Waals surface area contributed by atoms with E-state index in [1.807, 2.05) is 61.5 Å². The number of hydrogen-bond donors (Lipinski definition) is 2. The number of para-hydroxylation sites is 1. The standard InChI is InChI=1S/C24H24N4O4/c1-2-27-23(29)20(26-21-16-25-15-17-8-6-7-11-19(17)21)14-22(24(30)31)28(27)12-13-32-18-9-4-3-5-10-18/h3-11,14-16,20,26H,2,12-13H2,1H3,(H,30,31). The molecule has 0 saturated heterocycles. The molecular formula is C24H24N4O4. The van der Waals surface area contributed by atoms with Crippen LogP contribution in [0.25, 0.3) is 10.8 Å². The molecule has 0 fully saturated rings. The fourth-order valence-electron chi connectivity index (χ4n) is 3.74. The van der Waals surface area contributed by atoms with Crippen molar-refractivity contribution in [2.45, 2.75) is 13.0 Å². The Morgan fingerprint density at radius 3 is 2.59 bits per heavy atom. The van der Waals surface area contributed by atoms with Gasteiger partial charge in [0.1, 0.15) is 24.1 Å². The number of pyridine rings is 1. The maximum Gasteiger partial charge on any atom is 0.353 e. The minimum absolute atomic E-state index is 0.0220.